The second kappa shape index (κ2) is 5.72. The van der Waals surface area contributed by atoms with Crippen LogP contribution in [0.25, 0.3) is 11.1 Å². The van der Waals surface area contributed by atoms with E-state index in [2.05, 4.69) is 38.2 Å². The highest BCUT2D eigenvalue weighted by Gasteiger charge is 2.61. The third kappa shape index (κ3) is 2.50. The topological polar surface area (TPSA) is 29.1 Å². The average Bonchev–Trinajstić information content (AvgIpc) is 2.96. The highest BCUT2D eigenvalue weighted by Crippen LogP contribution is 2.65. The van der Waals surface area contributed by atoms with Gasteiger partial charge in [0.05, 0.1) is 0 Å². The normalized spacial score (nSPS) is 29.6. The molecular formula is C23H27NO. The zero-order valence-corrected chi connectivity index (χ0v) is 15.4. The molecule has 2 aliphatic rings. The molecular weight excluding hydrogens is 306 g/mol. The molecule has 0 aromatic heterocycles. The molecule has 25 heavy (non-hydrogen) atoms. The first-order valence-electron chi connectivity index (χ1n) is 9.38. The zero-order valence-electron chi connectivity index (χ0n) is 15.4. The van der Waals surface area contributed by atoms with Gasteiger partial charge in [-0.2, -0.15) is 0 Å². The zero-order chi connectivity index (χ0) is 17.7. The molecule has 0 saturated heterocycles. The Kier molecular flexibility index (Phi) is 3.75. The minimum absolute atomic E-state index is 0.0641. The Balaban J connectivity index is 1.49. The van der Waals surface area contributed by atoms with Crippen LogP contribution in [0.3, 0.4) is 0 Å². The Morgan fingerprint density at radius 2 is 1.60 bits per heavy atom. The number of benzene rings is 2. The van der Waals surface area contributed by atoms with E-state index in [0.29, 0.717) is 11.5 Å². The fourth-order valence-electron chi connectivity index (χ4n) is 5.11. The van der Waals surface area contributed by atoms with E-state index in [9.17, 15) is 4.79 Å². The van der Waals surface area contributed by atoms with Crippen molar-refractivity contribution in [3.05, 3.63) is 60.2 Å². The van der Waals surface area contributed by atoms with E-state index in [-0.39, 0.29) is 11.3 Å². The highest BCUT2D eigenvalue weighted by atomic mass is 16.1. The lowest BCUT2D eigenvalue weighted by atomic mass is 9.69. The van der Waals surface area contributed by atoms with Crippen LogP contribution in [0.2, 0.25) is 0 Å². The van der Waals surface area contributed by atoms with Crippen LogP contribution in [-0.2, 0) is 0 Å². The molecule has 0 radical (unpaired) electrons. The van der Waals surface area contributed by atoms with Crippen molar-refractivity contribution < 1.29 is 4.79 Å². The van der Waals surface area contributed by atoms with Gasteiger partial charge in [0.25, 0.3) is 5.91 Å². The van der Waals surface area contributed by atoms with Gasteiger partial charge in [0.15, 0.2) is 0 Å². The van der Waals surface area contributed by atoms with Gasteiger partial charge >= 0.3 is 0 Å². The second-order valence-corrected chi connectivity index (χ2v) is 8.58. The van der Waals surface area contributed by atoms with E-state index in [4.69, 9.17) is 0 Å². The molecule has 1 N–H and O–H groups in total. The van der Waals surface area contributed by atoms with Crippen molar-refractivity contribution in [3.63, 3.8) is 0 Å². The monoisotopic (exact) mass is 333 g/mol. The van der Waals surface area contributed by atoms with Crippen LogP contribution in [0.1, 0.15) is 50.4 Å². The molecule has 3 unspecified atom stereocenters. The molecule has 0 spiro atoms. The molecule has 3 atom stereocenters. The van der Waals surface area contributed by atoms with Crippen molar-refractivity contribution in [2.45, 2.75) is 46.1 Å². The summed E-state index contributed by atoms with van der Waals surface area (Å²) in [6, 6.07) is 18.5. The molecule has 2 fully saturated rings. The van der Waals surface area contributed by atoms with Gasteiger partial charge in [-0.3, -0.25) is 4.79 Å². The summed E-state index contributed by atoms with van der Waals surface area (Å²) in [5, 5.41) is 3.34. The van der Waals surface area contributed by atoms with Gasteiger partial charge in [0.2, 0.25) is 0 Å². The quantitative estimate of drug-likeness (QED) is 0.811. The van der Waals surface area contributed by atoms with Crippen LogP contribution in [-0.4, -0.2) is 11.9 Å². The maximum atomic E-state index is 12.8. The van der Waals surface area contributed by atoms with Crippen molar-refractivity contribution in [1.82, 2.24) is 5.32 Å². The lowest BCUT2D eigenvalue weighted by Crippen LogP contribution is -2.46. The van der Waals surface area contributed by atoms with Crippen molar-refractivity contribution >= 4 is 5.91 Å². The smallest absolute Gasteiger partial charge is 0.251 e. The molecule has 2 bridgehead atoms. The largest absolute Gasteiger partial charge is 0.349 e. The average molecular weight is 333 g/mol. The van der Waals surface area contributed by atoms with Crippen molar-refractivity contribution in [2.24, 2.45) is 16.7 Å². The molecule has 2 heteroatoms. The van der Waals surface area contributed by atoms with Gasteiger partial charge < -0.3 is 5.32 Å². The number of fused-ring (bicyclic) bond motifs is 2. The van der Waals surface area contributed by atoms with Crippen molar-refractivity contribution in [1.29, 1.82) is 0 Å². The van der Waals surface area contributed by atoms with E-state index >= 15 is 0 Å². The maximum absolute atomic E-state index is 12.8. The molecule has 1 amide bonds. The van der Waals surface area contributed by atoms with E-state index in [1.54, 1.807) is 0 Å². The number of hydrogen-bond donors (Lipinski definition) is 1. The molecule has 2 saturated carbocycles. The van der Waals surface area contributed by atoms with Gasteiger partial charge in [-0.05, 0) is 59.3 Å². The van der Waals surface area contributed by atoms with E-state index in [0.717, 1.165) is 23.5 Å². The molecule has 130 valence electrons. The van der Waals surface area contributed by atoms with Gasteiger partial charge in [-0.15, -0.1) is 0 Å². The van der Waals surface area contributed by atoms with Gasteiger partial charge in [-0.25, -0.2) is 0 Å². The summed E-state index contributed by atoms with van der Waals surface area (Å²) in [5.41, 5.74) is 3.62. The summed E-state index contributed by atoms with van der Waals surface area (Å²) in [6.07, 6.45) is 3.65. The lowest BCUT2D eigenvalue weighted by molar-refractivity contribution is 0.0826. The summed E-state index contributed by atoms with van der Waals surface area (Å²) in [7, 11) is 0. The number of carbonyl (C=O) groups excluding carboxylic acids is 1. The molecule has 0 aliphatic heterocycles. The third-order valence-electron chi connectivity index (χ3n) is 7.35. The first-order chi connectivity index (χ1) is 11.9. The fourth-order valence-corrected chi connectivity index (χ4v) is 5.11. The van der Waals surface area contributed by atoms with E-state index < -0.39 is 0 Å². The van der Waals surface area contributed by atoms with Crippen LogP contribution < -0.4 is 5.32 Å². The standard InChI is InChI=1S/C23H27NO/c1-22(2)19-13-14-23(22,3)20(15-19)24-21(25)18-11-9-17(10-12-18)16-7-5-4-6-8-16/h4-12,19-20H,13-15H2,1-3H3,(H,24,25). The Morgan fingerprint density at radius 1 is 0.960 bits per heavy atom. The highest BCUT2D eigenvalue weighted by molar-refractivity contribution is 5.95. The lowest BCUT2D eigenvalue weighted by Gasteiger charge is -2.39. The Labute approximate surface area is 150 Å². The number of hydrogen-bond acceptors (Lipinski definition) is 1. The van der Waals surface area contributed by atoms with Crippen LogP contribution in [0, 0.1) is 16.7 Å². The Morgan fingerprint density at radius 3 is 2.16 bits per heavy atom. The summed E-state index contributed by atoms with van der Waals surface area (Å²) in [6.45, 7) is 7.13. The van der Waals surface area contributed by atoms with Gasteiger partial charge in [-0.1, -0.05) is 63.2 Å². The van der Waals surface area contributed by atoms with E-state index in [1.807, 2.05) is 42.5 Å². The predicted octanol–water partition coefficient (Wildman–Crippen LogP) is 5.30. The maximum Gasteiger partial charge on any atom is 0.251 e. The molecule has 2 aromatic rings. The van der Waals surface area contributed by atoms with Gasteiger partial charge in [0.1, 0.15) is 0 Å². The minimum Gasteiger partial charge on any atom is -0.349 e. The molecule has 2 nitrogen and oxygen atoms in total. The first kappa shape index (κ1) is 16.4. The minimum atomic E-state index is 0.0641. The van der Waals surface area contributed by atoms with Crippen LogP contribution in [0.5, 0.6) is 0 Å². The van der Waals surface area contributed by atoms with Crippen LogP contribution >= 0.6 is 0 Å². The number of nitrogens with one attached hydrogen (secondary N) is 1. The second-order valence-electron chi connectivity index (χ2n) is 8.58. The van der Waals surface area contributed by atoms with Crippen molar-refractivity contribution in [3.8, 4) is 11.1 Å². The molecule has 4 rings (SSSR count). The summed E-state index contributed by atoms with van der Waals surface area (Å²) in [4.78, 5) is 12.8. The molecule has 0 heterocycles. The molecule has 2 aliphatic carbocycles. The molecule has 2 aromatic carbocycles. The summed E-state index contributed by atoms with van der Waals surface area (Å²) in [5.74, 6) is 0.803. The Hall–Kier alpha value is -2.09. The fraction of sp³-hybridized carbons (Fsp3) is 0.435. The van der Waals surface area contributed by atoms with Crippen LogP contribution in [0.15, 0.2) is 54.6 Å². The van der Waals surface area contributed by atoms with Crippen molar-refractivity contribution in [2.75, 3.05) is 0 Å². The number of carbonyl (C=O) groups is 1. The first-order valence-corrected chi connectivity index (χ1v) is 9.38. The SMILES string of the molecule is CC1(C)C2CCC1(C)C(NC(=O)c1ccc(-c3ccccc3)cc1)C2. The summed E-state index contributed by atoms with van der Waals surface area (Å²) < 4.78 is 0. The third-order valence-corrected chi connectivity index (χ3v) is 7.35. The number of amides is 1. The Bertz CT molecular complexity index is 777. The van der Waals surface area contributed by atoms with E-state index in [1.165, 1.54) is 18.4 Å². The van der Waals surface area contributed by atoms with Crippen LogP contribution in [0.4, 0.5) is 0 Å². The number of rotatable bonds is 3. The summed E-state index contributed by atoms with van der Waals surface area (Å²) >= 11 is 0. The van der Waals surface area contributed by atoms with Gasteiger partial charge in [0, 0.05) is 11.6 Å². The predicted molar refractivity (Wildman–Crippen MR) is 102 cm³/mol.